The van der Waals surface area contributed by atoms with Crippen molar-refractivity contribution in [3.8, 4) is 11.5 Å². The minimum absolute atomic E-state index is 0.00633. The number of carbonyl (C=O) groups excluding carboxylic acids is 2. The van der Waals surface area contributed by atoms with Crippen LogP contribution in [0.25, 0.3) is 0 Å². The number of oxime groups is 1. The predicted octanol–water partition coefficient (Wildman–Crippen LogP) is 2.90. The van der Waals surface area contributed by atoms with Gasteiger partial charge in [-0.05, 0) is 25.1 Å². The molecule has 184 valence electrons. The highest BCUT2D eigenvalue weighted by Crippen LogP contribution is 2.34. The summed E-state index contributed by atoms with van der Waals surface area (Å²) in [4.78, 5) is 30.3. The molecule has 0 saturated heterocycles. The van der Waals surface area contributed by atoms with Gasteiger partial charge in [-0.2, -0.15) is 5.10 Å². The molecule has 0 radical (unpaired) electrons. The van der Waals surface area contributed by atoms with Gasteiger partial charge in [0.1, 0.15) is 23.8 Å². The third-order valence-corrected chi connectivity index (χ3v) is 5.61. The Labute approximate surface area is 206 Å². The van der Waals surface area contributed by atoms with Gasteiger partial charge in [-0.3, -0.25) is 14.3 Å². The number of benzene rings is 1. The van der Waals surface area contributed by atoms with Crippen molar-refractivity contribution in [1.29, 1.82) is 0 Å². The van der Waals surface area contributed by atoms with Crippen molar-refractivity contribution in [2.24, 2.45) is 5.16 Å². The second-order valence-corrected chi connectivity index (χ2v) is 8.10. The molecule has 0 bridgehead atoms. The van der Waals surface area contributed by atoms with Gasteiger partial charge in [0, 0.05) is 29.8 Å². The number of nitrogens with zero attached hydrogens (tertiary/aromatic N) is 3. The molecule has 1 aliphatic heterocycles. The number of anilines is 1. The average molecular weight is 502 g/mol. The Morgan fingerprint density at radius 2 is 2.03 bits per heavy atom. The lowest BCUT2D eigenvalue weighted by atomic mass is 10.0. The topological polar surface area (TPSA) is 129 Å². The predicted molar refractivity (Wildman–Crippen MR) is 127 cm³/mol. The summed E-state index contributed by atoms with van der Waals surface area (Å²) in [5.74, 6) is 1.24. The number of methoxy groups -OCH3 is 2. The van der Waals surface area contributed by atoms with Crippen LogP contribution in [0.15, 0.2) is 46.2 Å². The number of aromatic nitrogens is 2. The summed E-state index contributed by atoms with van der Waals surface area (Å²) >= 11 is 6.24. The Hall–Kier alpha value is -3.99. The Morgan fingerprint density at radius 3 is 2.74 bits per heavy atom. The number of carbonyl (C=O) groups is 2. The van der Waals surface area contributed by atoms with Crippen molar-refractivity contribution in [3.63, 3.8) is 0 Å². The minimum atomic E-state index is -0.863. The second kappa shape index (κ2) is 10.5. The zero-order valence-electron chi connectivity index (χ0n) is 19.3. The molecule has 35 heavy (non-hydrogen) atoms. The summed E-state index contributed by atoms with van der Waals surface area (Å²) in [6.07, 6.45) is 0.885. The van der Waals surface area contributed by atoms with Crippen molar-refractivity contribution in [2.45, 2.75) is 32.5 Å². The molecule has 4 rings (SSSR count). The van der Waals surface area contributed by atoms with E-state index in [1.165, 1.54) is 18.9 Å². The number of aryl methyl sites for hydroxylation is 1. The summed E-state index contributed by atoms with van der Waals surface area (Å²) in [5, 5.41) is 14.2. The second-order valence-electron chi connectivity index (χ2n) is 7.70. The SMILES string of the molecule is COc1cc(OC)c(C2=NOC(C(=O)Nc3cc(C)n(CC(=O)NCc4ccco4)n3)C2)cc1Cl. The van der Waals surface area contributed by atoms with E-state index in [0.29, 0.717) is 45.1 Å². The van der Waals surface area contributed by atoms with E-state index in [2.05, 4.69) is 20.9 Å². The monoisotopic (exact) mass is 501 g/mol. The fourth-order valence-electron chi connectivity index (χ4n) is 3.49. The number of rotatable bonds is 9. The van der Waals surface area contributed by atoms with E-state index in [0.717, 1.165) is 0 Å². The van der Waals surface area contributed by atoms with E-state index in [-0.39, 0.29) is 25.4 Å². The standard InChI is InChI=1S/C23H24ClN5O6/c1-13-7-21(27-29(13)12-22(30)25-11-14-5-4-6-34-14)26-23(31)20-9-17(28-35-20)15-8-16(24)19(33-3)10-18(15)32-2/h4-8,10,20H,9,11-12H2,1-3H3,(H,25,30)(H,26,27,31). The summed E-state index contributed by atoms with van der Waals surface area (Å²) < 4.78 is 17.3. The highest BCUT2D eigenvalue weighted by Gasteiger charge is 2.31. The number of hydrogen-bond donors (Lipinski definition) is 2. The molecular formula is C23H24ClN5O6. The molecule has 3 heterocycles. The van der Waals surface area contributed by atoms with Crippen LogP contribution < -0.4 is 20.1 Å². The Bertz CT molecular complexity index is 1250. The van der Waals surface area contributed by atoms with Crippen molar-refractivity contribution in [1.82, 2.24) is 15.1 Å². The highest BCUT2D eigenvalue weighted by atomic mass is 35.5. The molecule has 2 amide bonds. The largest absolute Gasteiger partial charge is 0.496 e. The van der Waals surface area contributed by atoms with Gasteiger partial charge < -0.3 is 29.4 Å². The molecule has 11 nitrogen and oxygen atoms in total. The molecular weight excluding hydrogens is 478 g/mol. The third-order valence-electron chi connectivity index (χ3n) is 5.31. The van der Waals surface area contributed by atoms with Crippen LogP contribution in [0.5, 0.6) is 11.5 Å². The first-order chi connectivity index (χ1) is 16.9. The van der Waals surface area contributed by atoms with Gasteiger partial charge in [-0.1, -0.05) is 16.8 Å². The normalized spacial score (nSPS) is 14.7. The highest BCUT2D eigenvalue weighted by molar-refractivity contribution is 6.32. The lowest BCUT2D eigenvalue weighted by molar-refractivity contribution is -0.125. The van der Waals surface area contributed by atoms with Crippen LogP contribution in [-0.2, 0) is 27.5 Å². The van der Waals surface area contributed by atoms with Crippen LogP contribution >= 0.6 is 11.6 Å². The number of amides is 2. The molecule has 0 aliphatic carbocycles. The fraction of sp³-hybridized carbons (Fsp3) is 0.304. The first-order valence-corrected chi connectivity index (χ1v) is 11.0. The van der Waals surface area contributed by atoms with Gasteiger partial charge in [0.2, 0.25) is 12.0 Å². The molecule has 1 atom stereocenters. The van der Waals surface area contributed by atoms with Gasteiger partial charge in [-0.15, -0.1) is 0 Å². The van der Waals surface area contributed by atoms with Gasteiger partial charge >= 0.3 is 0 Å². The molecule has 1 aromatic carbocycles. The summed E-state index contributed by atoms with van der Waals surface area (Å²) in [5.41, 5.74) is 1.83. The molecule has 1 aliphatic rings. The molecule has 3 aromatic rings. The summed E-state index contributed by atoms with van der Waals surface area (Å²) in [6, 6.07) is 8.49. The summed E-state index contributed by atoms with van der Waals surface area (Å²) in [7, 11) is 3.02. The van der Waals surface area contributed by atoms with E-state index in [1.807, 2.05) is 0 Å². The zero-order chi connectivity index (χ0) is 24.9. The van der Waals surface area contributed by atoms with Crippen LogP contribution in [-0.4, -0.2) is 47.6 Å². The van der Waals surface area contributed by atoms with Crippen molar-refractivity contribution in [2.75, 3.05) is 19.5 Å². The molecule has 1 unspecified atom stereocenters. The molecule has 0 spiro atoms. The van der Waals surface area contributed by atoms with Gasteiger partial charge in [0.25, 0.3) is 5.91 Å². The molecule has 12 heteroatoms. The van der Waals surface area contributed by atoms with Gasteiger partial charge in [0.15, 0.2) is 5.82 Å². The maximum Gasteiger partial charge on any atom is 0.269 e. The first-order valence-electron chi connectivity index (χ1n) is 10.7. The lowest BCUT2D eigenvalue weighted by Crippen LogP contribution is -2.29. The van der Waals surface area contributed by atoms with Crippen molar-refractivity contribution >= 4 is 34.9 Å². The average Bonchev–Trinajstić information content (AvgIpc) is 3.60. The van der Waals surface area contributed by atoms with Crippen LogP contribution in [0, 0.1) is 6.92 Å². The maximum absolute atomic E-state index is 12.8. The lowest BCUT2D eigenvalue weighted by Gasteiger charge is -2.11. The number of hydrogen-bond acceptors (Lipinski definition) is 8. The first kappa shape index (κ1) is 24.1. The number of furan rings is 1. The number of ether oxygens (including phenoxy) is 2. The van der Waals surface area contributed by atoms with Crippen molar-refractivity contribution < 1.29 is 28.3 Å². The smallest absolute Gasteiger partial charge is 0.269 e. The molecule has 0 fully saturated rings. The van der Waals surface area contributed by atoms with E-state index in [9.17, 15) is 9.59 Å². The van der Waals surface area contributed by atoms with Crippen LogP contribution in [0.2, 0.25) is 5.02 Å². The minimum Gasteiger partial charge on any atom is -0.496 e. The quantitative estimate of drug-likeness (QED) is 0.461. The summed E-state index contributed by atoms with van der Waals surface area (Å²) in [6.45, 7) is 2.06. The fourth-order valence-corrected chi connectivity index (χ4v) is 3.73. The zero-order valence-corrected chi connectivity index (χ0v) is 20.1. The Kier molecular flexibility index (Phi) is 7.25. The van der Waals surface area contributed by atoms with E-state index in [4.69, 9.17) is 30.3 Å². The Morgan fingerprint density at radius 1 is 1.23 bits per heavy atom. The molecule has 2 aromatic heterocycles. The van der Waals surface area contributed by atoms with Gasteiger partial charge in [-0.25, -0.2) is 0 Å². The molecule has 2 N–H and O–H groups in total. The third kappa shape index (κ3) is 5.57. The van der Waals surface area contributed by atoms with Gasteiger partial charge in [0.05, 0.1) is 37.8 Å². The number of nitrogens with one attached hydrogen (secondary N) is 2. The van der Waals surface area contributed by atoms with Crippen molar-refractivity contribution in [3.05, 3.63) is 58.6 Å². The molecule has 0 saturated carbocycles. The maximum atomic E-state index is 12.8. The van der Waals surface area contributed by atoms with Crippen LogP contribution in [0.3, 0.4) is 0 Å². The number of halogens is 1. The van der Waals surface area contributed by atoms with E-state index in [1.54, 1.807) is 43.5 Å². The van der Waals surface area contributed by atoms with E-state index < -0.39 is 12.0 Å². The Balaban J connectivity index is 1.35. The van der Waals surface area contributed by atoms with E-state index >= 15 is 0 Å². The van der Waals surface area contributed by atoms with Crippen LogP contribution in [0.1, 0.15) is 23.4 Å². The van der Waals surface area contributed by atoms with Crippen LogP contribution in [0.4, 0.5) is 5.82 Å².